The van der Waals surface area contributed by atoms with Crippen molar-refractivity contribution >= 4 is 38.8 Å². The monoisotopic (exact) mass is 421 g/mol. The lowest BCUT2D eigenvalue weighted by Gasteiger charge is -2.22. The van der Waals surface area contributed by atoms with Crippen molar-refractivity contribution in [3.63, 3.8) is 0 Å². The summed E-state index contributed by atoms with van der Waals surface area (Å²) >= 11 is 3.08. The molecule has 3 aromatic rings. The molecule has 0 N–H and O–H groups in total. The van der Waals surface area contributed by atoms with E-state index in [0.717, 1.165) is 10.4 Å². The van der Waals surface area contributed by atoms with Crippen LogP contribution < -0.4 is 5.56 Å². The molecule has 0 fully saturated rings. The van der Waals surface area contributed by atoms with E-state index in [-0.39, 0.29) is 18.0 Å². The normalized spacial score (nSPS) is 11.2. The number of hydrogen-bond donors (Lipinski definition) is 0. The van der Waals surface area contributed by atoms with Gasteiger partial charge in [-0.05, 0) is 19.1 Å². The largest absolute Gasteiger partial charge is 0.383 e. The van der Waals surface area contributed by atoms with Crippen molar-refractivity contribution in [3.05, 3.63) is 39.1 Å². The number of hydrogen-bond acceptors (Lipinski definition) is 7. The SMILES string of the molecule is COCCN(CCOC)C(=O)Cn1cnc2scc(-c3ccc(C)s3)c2c1=O. The quantitative estimate of drug-likeness (QED) is 0.531. The fraction of sp³-hybridized carbons (Fsp3) is 0.421. The summed E-state index contributed by atoms with van der Waals surface area (Å²) in [5.74, 6) is -0.166. The van der Waals surface area contributed by atoms with Crippen molar-refractivity contribution in [2.75, 3.05) is 40.5 Å². The molecule has 0 aliphatic heterocycles. The number of carbonyl (C=O) groups excluding carboxylic acids is 1. The Labute approximate surface area is 171 Å². The van der Waals surface area contributed by atoms with Crippen LogP contribution in [-0.4, -0.2) is 60.9 Å². The van der Waals surface area contributed by atoms with Gasteiger partial charge in [0.15, 0.2) is 0 Å². The fourth-order valence-corrected chi connectivity index (χ4v) is 4.71. The van der Waals surface area contributed by atoms with Gasteiger partial charge in [0.1, 0.15) is 11.4 Å². The average Bonchev–Trinajstić information content (AvgIpc) is 3.30. The Morgan fingerprint density at radius 1 is 1.21 bits per heavy atom. The van der Waals surface area contributed by atoms with Crippen LogP contribution in [0.1, 0.15) is 4.88 Å². The van der Waals surface area contributed by atoms with Crippen LogP contribution in [0, 0.1) is 6.92 Å². The minimum atomic E-state index is -0.195. The molecule has 3 rings (SSSR count). The molecule has 0 unspecified atom stereocenters. The van der Waals surface area contributed by atoms with Crippen LogP contribution in [0.3, 0.4) is 0 Å². The molecule has 0 radical (unpaired) electrons. The number of carbonyl (C=O) groups is 1. The second kappa shape index (κ2) is 9.42. The van der Waals surface area contributed by atoms with Crippen molar-refractivity contribution in [1.29, 1.82) is 0 Å². The third-order valence-electron chi connectivity index (χ3n) is 4.36. The second-order valence-corrected chi connectivity index (χ2v) is 8.43. The van der Waals surface area contributed by atoms with Gasteiger partial charge in [-0.2, -0.15) is 0 Å². The van der Waals surface area contributed by atoms with Crippen LogP contribution in [-0.2, 0) is 20.8 Å². The minimum absolute atomic E-state index is 0.0616. The highest BCUT2D eigenvalue weighted by Gasteiger charge is 2.18. The molecule has 9 heteroatoms. The summed E-state index contributed by atoms with van der Waals surface area (Å²) in [4.78, 5) is 34.8. The Morgan fingerprint density at radius 3 is 2.54 bits per heavy atom. The van der Waals surface area contributed by atoms with Crippen molar-refractivity contribution < 1.29 is 14.3 Å². The van der Waals surface area contributed by atoms with Crippen LogP contribution in [0.4, 0.5) is 0 Å². The summed E-state index contributed by atoms with van der Waals surface area (Å²) in [7, 11) is 3.18. The highest BCUT2D eigenvalue weighted by atomic mass is 32.1. The van der Waals surface area contributed by atoms with E-state index in [0.29, 0.717) is 36.5 Å². The van der Waals surface area contributed by atoms with E-state index in [4.69, 9.17) is 9.47 Å². The number of methoxy groups -OCH3 is 2. The first-order valence-electron chi connectivity index (χ1n) is 8.84. The van der Waals surface area contributed by atoms with Crippen LogP contribution in [0.25, 0.3) is 20.7 Å². The molecule has 7 nitrogen and oxygen atoms in total. The smallest absolute Gasteiger partial charge is 0.263 e. The summed E-state index contributed by atoms with van der Waals surface area (Å²) in [6.45, 7) is 3.71. The number of fused-ring (bicyclic) bond motifs is 1. The lowest BCUT2D eigenvalue weighted by atomic mass is 10.2. The molecule has 3 aromatic heterocycles. The molecule has 150 valence electrons. The Hall–Kier alpha value is -2.07. The molecule has 0 saturated carbocycles. The van der Waals surface area contributed by atoms with Gasteiger partial charge < -0.3 is 14.4 Å². The van der Waals surface area contributed by atoms with Crippen molar-refractivity contribution in [3.8, 4) is 10.4 Å². The predicted octanol–water partition coefficient (Wildman–Crippen LogP) is 2.62. The second-order valence-electron chi connectivity index (χ2n) is 6.28. The zero-order valence-corrected chi connectivity index (χ0v) is 17.8. The molecule has 0 aromatic carbocycles. The van der Waals surface area contributed by atoms with Gasteiger partial charge in [0, 0.05) is 48.0 Å². The van der Waals surface area contributed by atoms with Crippen LogP contribution in [0.2, 0.25) is 0 Å². The predicted molar refractivity (Wildman–Crippen MR) is 112 cm³/mol. The van der Waals surface area contributed by atoms with E-state index in [1.165, 1.54) is 27.1 Å². The number of aryl methyl sites for hydroxylation is 1. The van der Waals surface area contributed by atoms with E-state index in [1.54, 1.807) is 30.5 Å². The Bertz CT molecular complexity index is 1000. The van der Waals surface area contributed by atoms with Gasteiger partial charge in [0.2, 0.25) is 5.91 Å². The van der Waals surface area contributed by atoms with Gasteiger partial charge in [-0.15, -0.1) is 22.7 Å². The number of aromatic nitrogens is 2. The minimum Gasteiger partial charge on any atom is -0.383 e. The van der Waals surface area contributed by atoms with Crippen LogP contribution in [0.15, 0.2) is 28.6 Å². The summed E-state index contributed by atoms with van der Waals surface area (Å²) in [6.07, 6.45) is 1.45. The molecule has 1 amide bonds. The molecule has 3 heterocycles. The van der Waals surface area contributed by atoms with Gasteiger partial charge in [-0.3, -0.25) is 14.2 Å². The van der Waals surface area contributed by atoms with Gasteiger partial charge in [-0.25, -0.2) is 4.98 Å². The van der Waals surface area contributed by atoms with Gasteiger partial charge in [0.05, 0.1) is 24.9 Å². The maximum Gasteiger partial charge on any atom is 0.263 e. The van der Waals surface area contributed by atoms with Gasteiger partial charge in [-0.1, -0.05) is 0 Å². The van der Waals surface area contributed by atoms with Crippen LogP contribution >= 0.6 is 22.7 Å². The lowest BCUT2D eigenvalue weighted by molar-refractivity contribution is -0.133. The third-order valence-corrected chi connectivity index (χ3v) is 6.28. The number of thiophene rings is 2. The molecule has 0 aliphatic rings. The third kappa shape index (κ3) is 4.49. The molecular formula is C19H23N3O4S2. The number of amides is 1. The molecule has 28 heavy (non-hydrogen) atoms. The molecule has 0 atom stereocenters. The fourth-order valence-electron chi connectivity index (χ4n) is 2.85. The first-order valence-corrected chi connectivity index (χ1v) is 10.5. The maximum atomic E-state index is 13.1. The first kappa shape index (κ1) is 20.7. The van der Waals surface area contributed by atoms with Crippen LogP contribution in [0.5, 0.6) is 0 Å². The van der Waals surface area contributed by atoms with E-state index < -0.39 is 0 Å². The summed E-state index contributed by atoms with van der Waals surface area (Å²) in [5.41, 5.74) is 0.687. The Morgan fingerprint density at radius 2 is 1.93 bits per heavy atom. The highest BCUT2D eigenvalue weighted by molar-refractivity contribution is 7.19. The number of ether oxygens (including phenoxy) is 2. The molecular weight excluding hydrogens is 398 g/mol. The molecule has 0 bridgehead atoms. The summed E-state index contributed by atoms with van der Waals surface area (Å²) in [5, 5.41) is 2.53. The molecule has 0 saturated heterocycles. The number of nitrogens with zero attached hydrogens (tertiary/aromatic N) is 3. The Kier molecular flexibility index (Phi) is 6.95. The average molecular weight is 422 g/mol. The molecule has 0 spiro atoms. The number of rotatable bonds is 9. The maximum absolute atomic E-state index is 13.1. The standard InChI is InChI=1S/C19H23N3O4S2/c1-13-4-5-15(28-13)14-11-27-18-17(14)19(24)22(12-20-18)10-16(23)21(6-8-25-2)7-9-26-3/h4-5,11-12H,6-10H2,1-3H3. The first-order chi connectivity index (χ1) is 13.5. The van der Waals surface area contributed by atoms with E-state index in [2.05, 4.69) is 4.98 Å². The van der Waals surface area contributed by atoms with Gasteiger partial charge in [0.25, 0.3) is 5.56 Å². The molecule has 0 aliphatic carbocycles. The lowest BCUT2D eigenvalue weighted by Crippen LogP contribution is -2.40. The van der Waals surface area contributed by atoms with E-state index in [9.17, 15) is 9.59 Å². The Balaban J connectivity index is 1.89. The van der Waals surface area contributed by atoms with Crippen molar-refractivity contribution in [2.45, 2.75) is 13.5 Å². The summed E-state index contributed by atoms with van der Waals surface area (Å²) < 4.78 is 11.5. The topological polar surface area (TPSA) is 73.7 Å². The van der Waals surface area contributed by atoms with E-state index >= 15 is 0 Å². The van der Waals surface area contributed by atoms with E-state index in [1.807, 2.05) is 24.4 Å². The van der Waals surface area contributed by atoms with Crippen molar-refractivity contribution in [1.82, 2.24) is 14.5 Å². The zero-order valence-electron chi connectivity index (χ0n) is 16.1. The zero-order chi connectivity index (χ0) is 20.1. The van der Waals surface area contributed by atoms with Crippen molar-refractivity contribution in [2.24, 2.45) is 0 Å². The highest BCUT2D eigenvalue weighted by Crippen LogP contribution is 2.34. The van der Waals surface area contributed by atoms with Gasteiger partial charge >= 0.3 is 0 Å². The summed E-state index contributed by atoms with van der Waals surface area (Å²) in [6, 6.07) is 4.05.